The molecule has 0 aliphatic rings. The van der Waals surface area contributed by atoms with Crippen molar-refractivity contribution in [1.82, 2.24) is 9.55 Å². The van der Waals surface area contributed by atoms with Crippen molar-refractivity contribution in [3.05, 3.63) is 36.2 Å². The van der Waals surface area contributed by atoms with Crippen LogP contribution in [0.2, 0.25) is 25.7 Å². The summed E-state index contributed by atoms with van der Waals surface area (Å²) in [5, 5.41) is 0. The average Bonchev–Trinajstić information content (AvgIpc) is 2.93. The molecule has 0 spiro atoms. The summed E-state index contributed by atoms with van der Waals surface area (Å²) in [6.07, 6.45) is 3.45. The zero-order valence-corrected chi connectivity index (χ0v) is 15.3. The second-order valence-corrected chi connectivity index (χ2v) is 12.3. The smallest absolute Gasteiger partial charge is 0.340 e. The van der Waals surface area contributed by atoms with Crippen molar-refractivity contribution in [3.8, 4) is 0 Å². The zero-order chi connectivity index (χ0) is 17.0. The number of benzene rings is 1. The molecule has 2 aromatic rings. The highest BCUT2D eigenvalue weighted by atomic mass is 28.3. The first-order chi connectivity index (χ1) is 10.9. The Morgan fingerprint density at radius 3 is 2.74 bits per heavy atom. The first kappa shape index (κ1) is 17.4. The molecule has 0 saturated carbocycles. The van der Waals surface area contributed by atoms with Crippen LogP contribution in [-0.2, 0) is 16.2 Å². The van der Waals surface area contributed by atoms with Gasteiger partial charge < -0.3 is 14.0 Å². The minimum Gasteiger partial charge on any atom is -0.465 e. The predicted octanol–water partition coefficient (Wildman–Crippen LogP) is 3.78. The summed E-state index contributed by atoms with van der Waals surface area (Å²) < 4.78 is 12.5. The van der Waals surface area contributed by atoms with E-state index in [0.29, 0.717) is 17.8 Å². The molecule has 0 unspecified atom stereocenters. The van der Waals surface area contributed by atoms with Crippen LogP contribution in [0.15, 0.2) is 25.0 Å². The quantitative estimate of drug-likeness (QED) is 0.440. The fourth-order valence-electron chi connectivity index (χ4n) is 2.29. The van der Waals surface area contributed by atoms with Crippen molar-refractivity contribution in [3.63, 3.8) is 0 Å². The molecule has 124 valence electrons. The lowest BCUT2D eigenvalue weighted by atomic mass is 10.1. The number of carbonyl (C=O) groups is 1. The van der Waals surface area contributed by atoms with Crippen molar-refractivity contribution < 1.29 is 14.3 Å². The Kier molecular flexibility index (Phi) is 5.38. The Balaban J connectivity index is 2.27. The molecule has 2 rings (SSSR count). The lowest BCUT2D eigenvalue weighted by Gasteiger charge is -2.16. The van der Waals surface area contributed by atoms with Crippen LogP contribution in [0.1, 0.15) is 15.9 Å². The Hall–Kier alpha value is -1.92. The van der Waals surface area contributed by atoms with E-state index in [1.165, 1.54) is 7.11 Å². The molecular formula is C17H24N2O3Si. The maximum Gasteiger partial charge on any atom is 0.340 e. The van der Waals surface area contributed by atoms with Gasteiger partial charge in [0.05, 0.1) is 24.5 Å². The molecule has 0 bridgehead atoms. The van der Waals surface area contributed by atoms with Crippen LogP contribution in [0.5, 0.6) is 0 Å². The van der Waals surface area contributed by atoms with Crippen LogP contribution < -0.4 is 0 Å². The summed E-state index contributed by atoms with van der Waals surface area (Å²) in [6, 6.07) is 4.68. The van der Waals surface area contributed by atoms with Gasteiger partial charge in [-0.15, -0.1) is 0 Å². The van der Waals surface area contributed by atoms with E-state index in [4.69, 9.17) is 9.47 Å². The Labute approximate surface area is 137 Å². The molecule has 1 heterocycles. The topological polar surface area (TPSA) is 53.3 Å². The van der Waals surface area contributed by atoms with Gasteiger partial charge in [-0.1, -0.05) is 38.4 Å². The van der Waals surface area contributed by atoms with Crippen LogP contribution in [-0.4, -0.2) is 37.3 Å². The number of fused-ring (bicyclic) bond motifs is 1. The molecule has 5 nitrogen and oxygen atoms in total. The SMILES string of the molecule is C=Cc1ccc(C(=O)OC)c2ncn(COCC[Si](C)(C)C)c12. The third kappa shape index (κ3) is 4.08. The molecule has 0 aliphatic heterocycles. The summed E-state index contributed by atoms with van der Waals surface area (Å²) in [6.45, 7) is 11.9. The summed E-state index contributed by atoms with van der Waals surface area (Å²) in [5.74, 6) is -0.393. The number of hydrogen-bond donors (Lipinski definition) is 0. The largest absolute Gasteiger partial charge is 0.465 e. The molecule has 0 radical (unpaired) electrons. The normalized spacial score (nSPS) is 11.7. The third-order valence-corrected chi connectivity index (χ3v) is 5.35. The summed E-state index contributed by atoms with van der Waals surface area (Å²) in [5.41, 5.74) is 2.83. The summed E-state index contributed by atoms with van der Waals surface area (Å²) in [4.78, 5) is 16.2. The van der Waals surface area contributed by atoms with Gasteiger partial charge in [0, 0.05) is 14.7 Å². The van der Waals surface area contributed by atoms with Gasteiger partial charge in [-0.2, -0.15) is 0 Å². The standard InChI is InChI=1S/C17H24N2O3Si/c1-6-13-7-8-14(17(20)21-2)15-16(13)19(11-18-15)12-22-9-10-23(3,4)5/h6-8,11H,1,9-10,12H2,2-5H3. The van der Waals surface area contributed by atoms with Crippen LogP contribution in [0, 0.1) is 0 Å². The predicted molar refractivity (Wildman–Crippen MR) is 95.3 cm³/mol. The first-order valence-electron chi connectivity index (χ1n) is 7.63. The Morgan fingerprint density at radius 1 is 1.39 bits per heavy atom. The van der Waals surface area contributed by atoms with E-state index in [1.54, 1.807) is 18.5 Å². The number of hydrogen-bond acceptors (Lipinski definition) is 4. The average molecular weight is 332 g/mol. The minimum absolute atomic E-state index is 0.393. The van der Waals surface area contributed by atoms with Crippen molar-refractivity contribution >= 4 is 31.2 Å². The van der Waals surface area contributed by atoms with Gasteiger partial charge in [0.2, 0.25) is 0 Å². The van der Waals surface area contributed by atoms with Crippen LogP contribution in [0.25, 0.3) is 17.1 Å². The lowest BCUT2D eigenvalue weighted by molar-refractivity contribution is 0.0602. The molecule has 0 saturated heterocycles. The highest BCUT2D eigenvalue weighted by Crippen LogP contribution is 2.24. The molecule has 23 heavy (non-hydrogen) atoms. The van der Waals surface area contributed by atoms with Crippen molar-refractivity contribution in [2.45, 2.75) is 32.4 Å². The number of esters is 1. The van der Waals surface area contributed by atoms with Gasteiger partial charge in [-0.3, -0.25) is 0 Å². The summed E-state index contributed by atoms with van der Waals surface area (Å²) >= 11 is 0. The van der Waals surface area contributed by atoms with Gasteiger partial charge in [0.15, 0.2) is 0 Å². The van der Waals surface area contributed by atoms with E-state index in [1.807, 2.05) is 10.6 Å². The van der Waals surface area contributed by atoms with Gasteiger partial charge in [0.25, 0.3) is 0 Å². The minimum atomic E-state index is -1.11. The van der Waals surface area contributed by atoms with E-state index >= 15 is 0 Å². The lowest BCUT2D eigenvalue weighted by Crippen LogP contribution is -2.22. The molecule has 1 aromatic heterocycles. The van der Waals surface area contributed by atoms with Crippen LogP contribution >= 0.6 is 0 Å². The molecule has 0 amide bonds. The Morgan fingerprint density at radius 2 is 2.13 bits per heavy atom. The molecule has 6 heteroatoms. The highest BCUT2D eigenvalue weighted by molar-refractivity contribution is 6.76. The molecule has 0 atom stereocenters. The van der Waals surface area contributed by atoms with E-state index in [-0.39, 0.29) is 0 Å². The number of aromatic nitrogens is 2. The number of imidazole rings is 1. The number of rotatable bonds is 7. The monoisotopic (exact) mass is 332 g/mol. The van der Waals surface area contributed by atoms with E-state index < -0.39 is 14.0 Å². The number of nitrogens with zero attached hydrogens (tertiary/aromatic N) is 2. The molecule has 0 N–H and O–H groups in total. The maximum atomic E-state index is 11.9. The number of ether oxygens (including phenoxy) is 2. The second-order valence-electron chi connectivity index (χ2n) is 6.66. The second kappa shape index (κ2) is 7.10. The maximum absolute atomic E-state index is 11.9. The number of carbonyl (C=O) groups excluding carboxylic acids is 1. The fraction of sp³-hybridized carbons (Fsp3) is 0.412. The third-order valence-electron chi connectivity index (χ3n) is 3.65. The zero-order valence-electron chi connectivity index (χ0n) is 14.3. The number of methoxy groups -OCH3 is 1. The van der Waals surface area contributed by atoms with Crippen LogP contribution in [0.4, 0.5) is 0 Å². The molecule has 0 aliphatic carbocycles. The van der Waals surface area contributed by atoms with E-state index in [9.17, 15) is 4.79 Å². The van der Waals surface area contributed by atoms with Gasteiger partial charge in [-0.05, 0) is 17.7 Å². The van der Waals surface area contributed by atoms with Crippen molar-refractivity contribution in [1.29, 1.82) is 0 Å². The van der Waals surface area contributed by atoms with Gasteiger partial charge in [-0.25, -0.2) is 9.78 Å². The molecule has 1 aromatic carbocycles. The van der Waals surface area contributed by atoms with Crippen LogP contribution in [0.3, 0.4) is 0 Å². The van der Waals surface area contributed by atoms with Crippen molar-refractivity contribution in [2.24, 2.45) is 0 Å². The molecule has 0 fully saturated rings. The summed E-state index contributed by atoms with van der Waals surface area (Å²) in [7, 11) is 0.260. The van der Waals surface area contributed by atoms with Crippen molar-refractivity contribution in [2.75, 3.05) is 13.7 Å². The fourth-order valence-corrected chi connectivity index (χ4v) is 3.05. The van der Waals surface area contributed by atoms with E-state index in [0.717, 1.165) is 23.7 Å². The molecular weight excluding hydrogens is 308 g/mol. The van der Waals surface area contributed by atoms with Gasteiger partial charge >= 0.3 is 5.97 Å². The van der Waals surface area contributed by atoms with E-state index in [2.05, 4.69) is 31.2 Å². The highest BCUT2D eigenvalue weighted by Gasteiger charge is 2.17. The Bertz CT molecular complexity index is 716. The first-order valence-corrected chi connectivity index (χ1v) is 11.3. The van der Waals surface area contributed by atoms with Gasteiger partial charge in [0.1, 0.15) is 12.2 Å².